The summed E-state index contributed by atoms with van der Waals surface area (Å²) in [4.78, 5) is 33.0. The monoisotopic (exact) mass is 462 g/mol. The van der Waals surface area contributed by atoms with Crippen molar-refractivity contribution in [3.63, 3.8) is 0 Å². The molecule has 2 aromatic carbocycles. The molecule has 0 atom stereocenters. The largest absolute Gasteiger partial charge is 0.487 e. The zero-order chi connectivity index (χ0) is 21.9. The van der Waals surface area contributed by atoms with Crippen LogP contribution in [-0.2, 0) is 17.8 Å². The highest BCUT2D eigenvalue weighted by Gasteiger charge is 2.16. The van der Waals surface area contributed by atoms with Crippen LogP contribution in [0.3, 0.4) is 0 Å². The Kier molecular flexibility index (Phi) is 5.66. The minimum absolute atomic E-state index is 0.0431. The maximum absolute atomic E-state index is 12.7. The molecule has 2 amide bonds. The van der Waals surface area contributed by atoms with Gasteiger partial charge in [-0.25, -0.2) is 9.97 Å². The number of aryl methyl sites for hydroxylation is 1. The topological polar surface area (TPSA) is 93.2 Å². The molecule has 5 rings (SSSR count). The Bertz CT molecular complexity index is 1280. The van der Waals surface area contributed by atoms with E-state index in [2.05, 4.69) is 20.6 Å². The van der Waals surface area contributed by atoms with E-state index in [1.54, 1.807) is 23.7 Å². The molecule has 160 valence electrons. The molecule has 1 aliphatic rings. The molecule has 9 heteroatoms. The Morgan fingerprint density at radius 1 is 1.16 bits per heavy atom. The zero-order valence-corrected chi connectivity index (χ0v) is 18.5. The first-order valence-electron chi connectivity index (χ1n) is 9.94. The lowest BCUT2D eigenvalue weighted by atomic mass is 9.99. The second-order valence-corrected chi connectivity index (χ2v) is 8.79. The Balaban J connectivity index is 1.26. The van der Waals surface area contributed by atoms with Gasteiger partial charge in [-0.05, 0) is 42.3 Å². The lowest BCUT2D eigenvalue weighted by Gasteiger charge is -2.17. The fourth-order valence-corrected chi connectivity index (χ4v) is 4.63. The van der Waals surface area contributed by atoms with Crippen LogP contribution < -0.4 is 15.4 Å². The summed E-state index contributed by atoms with van der Waals surface area (Å²) in [7, 11) is 0. The zero-order valence-electron chi connectivity index (χ0n) is 16.8. The molecule has 0 radical (unpaired) electrons. The van der Waals surface area contributed by atoms with Crippen LogP contribution in [-0.4, -0.2) is 21.8 Å². The fraction of sp³-hybridized carbons (Fsp3) is 0.130. The third kappa shape index (κ3) is 4.53. The van der Waals surface area contributed by atoms with Crippen molar-refractivity contribution in [2.24, 2.45) is 0 Å². The number of carbonyl (C=O) groups is 2. The predicted octanol–water partition coefficient (Wildman–Crippen LogP) is 4.98. The highest BCUT2D eigenvalue weighted by Crippen LogP contribution is 2.31. The summed E-state index contributed by atoms with van der Waals surface area (Å²) in [6.07, 6.45) is 1.20. The Labute approximate surface area is 192 Å². The van der Waals surface area contributed by atoms with Crippen molar-refractivity contribution in [1.29, 1.82) is 0 Å². The van der Waals surface area contributed by atoms with Crippen LogP contribution in [0.25, 0.3) is 11.3 Å². The molecule has 0 spiro atoms. The molecule has 1 aliphatic heterocycles. The number of thiazole rings is 2. The first-order valence-corrected chi connectivity index (χ1v) is 11.8. The molecule has 0 saturated heterocycles. The minimum Gasteiger partial charge on any atom is -0.487 e. The summed E-state index contributed by atoms with van der Waals surface area (Å²) < 4.78 is 5.73. The summed E-state index contributed by atoms with van der Waals surface area (Å²) in [6, 6.07) is 12.9. The Hall–Kier alpha value is -3.56. The van der Waals surface area contributed by atoms with Crippen molar-refractivity contribution in [3.8, 4) is 17.0 Å². The van der Waals surface area contributed by atoms with Gasteiger partial charge < -0.3 is 10.1 Å². The van der Waals surface area contributed by atoms with E-state index in [4.69, 9.17) is 4.74 Å². The number of fused-ring (bicyclic) bond motifs is 1. The number of nitrogens with one attached hydrogen (secondary N) is 2. The summed E-state index contributed by atoms with van der Waals surface area (Å²) in [5.41, 5.74) is 6.78. The van der Waals surface area contributed by atoms with Gasteiger partial charge in [0.2, 0.25) is 5.91 Å². The van der Waals surface area contributed by atoms with Crippen LogP contribution >= 0.6 is 22.7 Å². The molecule has 0 saturated carbocycles. The van der Waals surface area contributed by atoms with Crippen LogP contribution in [0.15, 0.2) is 58.7 Å². The van der Waals surface area contributed by atoms with E-state index >= 15 is 0 Å². The third-order valence-corrected chi connectivity index (χ3v) is 6.38. The van der Waals surface area contributed by atoms with Gasteiger partial charge in [-0.2, -0.15) is 0 Å². The van der Waals surface area contributed by atoms with E-state index < -0.39 is 0 Å². The normalized spacial score (nSPS) is 12.7. The lowest BCUT2D eigenvalue weighted by molar-refractivity contribution is -0.116. The second-order valence-electron chi connectivity index (χ2n) is 7.21. The maximum Gasteiger partial charge on any atom is 0.257 e. The van der Waals surface area contributed by atoms with Gasteiger partial charge in [-0.1, -0.05) is 12.1 Å². The van der Waals surface area contributed by atoms with E-state index in [-0.39, 0.29) is 11.8 Å². The maximum atomic E-state index is 12.7. The number of hydrogen-bond acceptors (Lipinski definition) is 7. The number of aromatic nitrogens is 2. The average Bonchev–Trinajstić information content (AvgIpc) is 3.50. The van der Waals surface area contributed by atoms with Crippen LogP contribution in [0, 0.1) is 0 Å². The summed E-state index contributed by atoms with van der Waals surface area (Å²) in [6.45, 7) is 0.356. The van der Waals surface area contributed by atoms with Gasteiger partial charge in [0, 0.05) is 34.0 Å². The Morgan fingerprint density at radius 2 is 2.09 bits per heavy atom. The first-order chi connectivity index (χ1) is 15.6. The quantitative estimate of drug-likeness (QED) is 0.421. The number of amides is 2. The van der Waals surface area contributed by atoms with E-state index in [0.29, 0.717) is 35.9 Å². The summed E-state index contributed by atoms with van der Waals surface area (Å²) in [5, 5.41) is 10.1. The molecule has 2 aromatic heterocycles. The number of ether oxygens (including phenoxy) is 1. The third-order valence-electron chi connectivity index (χ3n) is 4.99. The van der Waals surface area contributed by atoms with Crippen LogP contribution in [0.5, 0.6) is 5.75 Å². The van der Waals surface area contributed by atoms with E-state index in [9.17, 15) is 9.59 Å². The van der Waals surface area contributed by atoms with Gasteiger partial charge in [-0.3, -0.25) is 14.9 Å². The molecular formula is C23H18N4O3S2. The smallest absolute Gasteiger partial charge is 0.257 e. The van der Waals surface area contributed by atoms with E-state index in [1.807, 2.05) is 35.0 Å². The van der Waals surface area contributed by atoms with E-state index in [1.165, 1.54) is 22.7 Å². The molecule has 0 aliphatic carbocycles. The number of rotatable bonds is 6. The number of benzene rings is 2. The van der Waals surface area contributed by atoms with Gasteiger partial charge in [0.1, 0.15) is 12.4 Å². The molecule has 0 fully saturated rings. The molecule has 0 unspecified atom stereocenters. The van der Waals surface area contributed by atoms with Gasteiger partial charge in [0.25, 0.3) is 5.91 Å². The lowest BCUT2D eigenvalue weighted by Crippen LogP contribution is -2.18. The first kappa shape index (κ1) is 20.3. The highest BCUT2D eigenvalue weighted by molar-refractivity contribution is 7.14. The SMILES string of the molecule is O=C1CCc2cc(-c3csc(NC(=O)c4cccc(OCc5cscn5)c4)n3)ccc2N1. The molecule has 0 bridgehead atoms. The molecule has 4 aromatic rings. The van der Waals surface area contributed by atoms with Crippen molar-refractivity contribution < 1.29 is 14.3 Å². The molecule has 2 N–H and O–H groups in total. The van der Waals surface area contributed by atoms with Gasteiger partial charge in [0.15, 0.2) is 5.13 Å². The number of anilines is 2. The number of hydrogen-bond donors (Lipinski definition) is 2. The van der Waals surface area contributed by atoms with Crippen molar-refractivity contribution >= 4 is 45.3 Å². The number of nitrogens with zero attached hydrogens (tertiary/aromatic N) is 2. The second kappa shape index (κ2) is 8.89. The summed E-state index contributed by atoms with van der Waals surface area (Å²) in [5.74, 6) is 0.395. The van der Waals surface area contributed by atoms with E-state index in [0.717, 1.165) is 28.2 Å². The van der Waals surface area contributed by atoms with Crippen molar-refractivity contribution in [2.75, 3.05) is 10.6 Å². The fourth-order valence-electron chi connectivity index (χ4n) is 3.37. The standard InChI is InChI=1S/C23H18N4O3S2/c28-21-7-5-14-8-15(4-6-19(14)25-21)20-12-32-23(26-20)27-22(29)16-2-1-3-18(9-16)30-10-17-11-31-13-24-17/h1-4,6,8-9,11-13H,5,7,10H2,(H,25,28)(H,26,27,29). The van der Waals surface area contributed by atoms with Crippen LogP contribution in [0.1, 0.15) is 28.0 Å². The van der Waals surface area contributed by atoms with Gasteiger partial charge >= 0.3 is 0 Å². The predicted molar refractivity (Wildman–Crippen MR) is 125 cm³/mol. The Morgan fingerprint density at radius 3 is 2.97 bits per heavy atom. The molecule has 7 nitrogen and oxygen atoms in total. The van der Waals surface area contributed by atoms with Gasteiger partial charge in [0.05, 0.1) is 16.9 Å². The molecular weight excluding hydrogens is 444 g/mol. The molecule has 3 heterocycles. The van der Waals surface area contributed by atoms with Gasteiger partial charge in [-0.15, -0.1) is 22.7 Å². The summed E-state index contributed by atoms with van der Waals surface area (Å²) >= 11 is 2.88. The average molecular weight is 463 g/mol. The highest BCUT2D eigenvalue weighted by atomic mass is 32.1. The van der Waals surface area contributed by atoms with Crippen molar-refractivity contribution in [2.45, 2.75) is 19.4 Å². The van der Waals surface area contributed by atoms with Crippen molar-refractivity contribution in [3.05, 3.63) is 75.6 Å². The van der Waals surface area contributed by atoms with Crippen LogP contribution in [0.2, 0.25) is 0 Å². The molecule has 32 heavy (non-hydrogen) atoms. The number of carbonyl (C=O) groups excluding carboxylic acids is 2. The van der Waals surface area contributed by atoms with Crippen LogP contribution in [0.4, 0.5) is 10.8 Å². The minimum atomic E-state index is -0.252. The van der Waals surface area contributed by atoms with Crippen molar-refractivity contribution in [1.82, 2.24) is 9.97 Å².